The molecule has 4 heteroatoms. The Morgan fingerprint density at radius 3 is 2.92 bits per heavy atom. The average molecular weight is 249 g/mol. The van der Waals surface area contributed by atoms with Gasteiger partial charge in [-0.05, 0) is 28.5 Å². The van der Waals surface area contributed by atoms with Crippen LogP contribution in [0.4, 0.5) is 0 Å². The first-order chi connectivity index (χ1) is 6.24. The lowest BCUT2D eigenvalue weighted by molar-refractivity contribution is 1.43. The van der Waals surface area contributed by atoms with Crippen molar-refractivity contribution < 1.29 is 0 Å². The number of rotatable bonds is 1. The first-order valence-corrected chi connectivity index (χ1v) is 5.91. The SMILES string of the molecule is Sc1cc(Cl)c(CCl)c2ccsc12. The predicted molar refractivity (Wildman–Crippen MR) is 63.6 cm³/mol. The molecular formula is C9H6Cl2S2. The molecule has 2 aromatic rings. The predicted octanol–water partition coefficient (Wildman–Crippen LogP) is 4.58. The van der Waals surface area contributed by atoms with Gasteiger partial charge in [0.1, 0.15) is 0 Å². The Kier molecular flexibility index (Phi) is 2.75. The Morgan fingerprint density at radius 1 is 1.46 bits per heavy atom. The molecule has 0 aliphatic carbocycles. The lowest BCUT2D eigenvalue weighted by atomic mass is 10.1. The zero-order valence-electron chi connectivity index (χ0n) is 6.55. The number of alkyl halides is 1. The minimum Gasteiger partial charge on any atom is -0.143 e. The van der Waals surface area contributed by atoms with Crippen LogP contribution in [0.3, 0.4) is 0 Å². The molecule has 0 bridgehead atoms. The molecule has 0 spiro atoms. The number of hydrogen-bond donors (Lipinski definition) is 1. The van der Waals surface area contributed by atoms with E-state index in [0.29, 0.717) is 10.9 Å². The summed E-state index contributed by atoms with van der Waals surface area (Å²) in [6, 6.07) is 3.88. The maximum absolute atomic E-state index is 6.04. The van der Waals surface area contributed by atoms with Crippen molar-refractivity contribution in [3.63, 3.8) is 0 Å². The third kappa shape index (κ3) is 1.57. The van der Waals surface area contributed by atoms with Gasteiger partial charge >= 0.3 is 0 Å². The highest BCUT2D eigenvalue weighted by atomic mass is 35.5. The normalized spacial score (nSPS) is 11.0. The van der Waals surface area contributed by atoms with Gasteiger partial charge in [0, 0.05) is 20.5 Å². The number of halogens is 2. The molecule has 0 radical (unpaired) electrons. The third-order valence-electron chi connectivity index (χ3n) is 1.91. The maximum Gasteiger partial charge on any atom is 0.0495 e. The standard InChI is InChI=1S/C9H6Cl2S2/c10-4-6-5-1-2-13-9(5)8(12)3-7(6)11/h1-3,12H,4H2. The van der Waals surface area contributed by atoms with Gasteiger partial charge < -0.3 is 0 Å². The molecule has 0 saturated carbocycles. The molecule has 0 N–H and O–H groups in total. The van der Waals surface area contributed by atoms with Gasteiger partial charge in [0.15, 0.2) is 0 Å². The second-order valence-electron chi connectivity index (χ2n) is 2.65. The minimum absolute atomic E-state index is 0.445. The number of benzene rings is 1. The van der Waals surface area contributed by atoms with E-state index in [-0.39, 0.29) is 0 Å². The second kappa shape index (κ2) is 3.70. The molecule has 2 rings (SSSR count). The summed E-state index contributed by atoms with van der Waals surface area (Å²) in [5, 5.41) is 3.85. The Hall–Kier alpha value is 0.110. The molecule has 68 valence electrons. The average Bonchev–Trinajstić information content (AvgIpc) is 2.53. The molecule has 0 amide bonds. The van der Waals surface area contributed by atoms with Crippen LogP contribution in [-0.2, 0) is 5.88 Å². The van der Waals surface area contributed by atoms with Crippen molar-refractivity contribution in [2.75, 3.05) is 0 Å². The lowest BCUT2D eigenvalue weighted by Crippen LogP contribution is -1.82. The van der Waals surface area contributed by atoms with Crippen LogP contribution in [0.2, 0.25) is 5.02 Å². The van der Waals surface area contributed by atoms with Crippen LogP contribution < -0.4 is 0 Å². The molecule has 0 unspecified atom stereocenters. The number of fused-ring (bicyclic) bond motifs is 1. The summed E-state index contributed by atoms with van der Waals surface area (Å²) in [5.41, 5.74) is 0.998. The van der Waals surface area contributed by atoms with Crippen molar-refractivity contribution in [3.05, 3.63) is 28.1 Å². The number of thiophene rings is 1. The van der Waals surface area contributed by atoms with E-state index in [4.69, 9.17) is 23.2 Å². The van der Waals surface area contributed by atoms with Crippen molar-refractivity contribution in [3.8, 4) is 0 Å². The molecule has 0 atom stereocenters. The molecule has 1 aromatic heterocycles. The molecule has 13 heavy (non-hydrogen) atoms. The van der Waals surface area contributed by atoms with Crippen molar-refractivity contribution >= 4 is 57.3 Å². The summed E-state index contributed by atoms with van der Waals surface area (Å²) in [6.07, 6.45) is 0. The zero-order valence-corrected chi connectivity index (χ0v) is 9.77. The van der Waals surface area contributed by atoms with Gasteiger partial charge in [-0.25, -0.2) is 0 Å². The number of thiol groups is 1. The highest BCUT2D eigenvalue weighted by Gasteiger charge is 2.08. The van der Waals surface area contributed by atoms with E-state index in [1.54, 1.807) is 11.3 Å². The zero-order chi connectivity index (χ0) is 9.42. The van der Waals surface area contributed by atoms with E-state index in [2.05, 4.69) is 12.6 Å². The van der Waals surface area contributed by atoms with Crippen LogP contribution in [0.5, 0.6) is 0 Å². The van der Waals surface area contributed by atoms with Gasteiger partial charge in [0.25, 0.3) is 0 Å². The van der Waals surface area contributed by atoms with E-state index in [9.17, 15) is 0 Å². The van der Waals surface area contributed by atoms with Crippen molar-refractivity contribution in [2.24, 2.45) is 0 Å². The largest absolute Gasteiger partial charge is 0.143 e. The Labute approximate surface area is 95.9 Å². The molecule has 1 aromatic carbocycles. The van der Waals surface area contributed by atoms with Crippen molar-refractivity contribution in [2.45, 2.75) is 10.8 Å². The Morgan fingerprint density at radius 2 is 2.23 bits per heavy atom. The molecule has 0 nitrogen and oxygen atoms in total. The van der Waals surface area contributed by atoms with Crippen LogP contribution >= 0.6 is 47.2 Å². The molecule has 0 aliphatic rings. The number of hydrogen-bond acceptors (Lipinski definition) is 2. The van der Waals surface area contributed by atoms with E-state index in [1.807, 2.05) is 17.5 Å². The van der Waals surface area contributed by atoms with Crippen LogP contribution in [0.25, 0.3) is 10.1 Å². The quantitative estimate of drug-likeness (QED) is 0.555. The summed E-state index contributed by atoms with van der Waals surface area (Å²) in [6.45, 7) is 0. The minimum atomic E-state index is 0.445. The van der Waals surface area contributed by atoms with Gasteiger partial charge in [-0.3, -0.25) is 0 Å². The highest BCUT2D eigenvalue weighted by Crippen LogP contribution is 2.35. The fourth-order valence-corrected chi connectivity index (χ4v) is 3.24. The Bertz CT molecular complexity index is 448. The van der Waals surface area contributed by atoms with Crippen LogP contribution in [0, 0.1) is 0 Å². The lowest BCUT2D eigenvalue weighted by Gasteiger charge is -2.03. The fourth-order valence-electron chi connectivity index (χ4n) is 1.28. The van der Waals surface area contributed by atoms with Crippen LogP contribution in [-0.4, -0.2) is 0 Å². The molecule has 0 saturated heterocycles. The summed E-state index contributed by atoms with van der Waals surface area (Å²) >= 11 is 17.9. The third-order valence-corrected chi connectivity index (χ3v) is 3.96. The summed E-state index contributed by atoms with van der Waals surface area (Å²) < 4.78 is 1.16. The Balaban J connectivity index is 2.88. The van der Waals surface area contributed by atoms with Gasteiger partial charge in [-0.2, -0.15) is 0 Å². The van der Waals surface area contributed by atoms with Gasteiger partial charge in [0.2, 0.25) is 0 Å². The van der Waals surface area contributed by atoms with Gasteiger partial charge in [-0.1, -0.05) is 11.6 Å². The van der Waals surface area contributed by atoms with E-state index in [0.717, 1.165) is 20.5 Å². The fraction of sp³-hybridized carbons (Fsp3) is 0.111. The first-order valence-electron chi connectivity index (χ1n) is 3.67. The van der Waals surface area contributed by atoms with Crippen molar-refractivity contribution in [1.82, 2.24) is 0 Å². The smallest absolute Gasteiger partial charge is 0.0495 e. The van der Waals surface area contributed by atoms with Crippen molar-refractivity contribution in [1.29, 1.82) is 0 Å². The van der Waals surface area contributed by atoms with E-state index < -0.39 is 0 Å². The highest BCUT2D eigenvalue weighted by molar-refractivity contribution is 7.80. The first kappa shape index (κ1) is 9.66. The summed E-state index contributed by atoms with van der Waals surface area (Å²) in [4.78, 5) is 0.920. The van der Waals surface area contributed by atoms with Gasteiger partial charge in [-0.15, -0.1) is 35.6 Å². The van der Waals surface area contributed by atoms with Crippen LogP contribution in [0.15, 0.2) is 22.4 Å². The molecule has 0 aliphatic heterocycles. The molecular weight excluding hydrogens is 243 g/mol. The monoisotopic (exact) mass is 248 g/mol. The van der Waals surface area contributed by atoms with E-state index in [1.165, 1.54) is 0 Å². The van der Waals surface area contributed by atoms with E-state index >= 15 is 0 Å². The molecule has 1 heterocycles. The molecule has 0 fully saturated rings. The van der Waals surface area contributed by atoms with Gasteiger partial charge in [0.05, 0.1) is 0 Å². The summed E-state index contributed by atoms with van der Waals surface area (Å²) in [5.74, 6) is 0.445. The summed E-state index contributed by atoms with van der Waals surface area (Å²) in [7, 11) is 0. The topological polar surface area (TPSA) is 0 Å². The maximum atomic E-state index is 6.04. The second-order valence-corrected chi connectivity index (χ2v) is 4.73. The van der Waals surface area contributed by atoms with Crippen LogP contribution in [0.1, 0.15) is 5.56 Å².